The van der Waals surface area contributed by atoms with E-state index in [0.29, 0.717) is 12.3 Å². The van der Waals surface area contributed by atoms with E-state index in [0.717, 1.165) is 19.2 Å². The lowest BCUT2D eigenvalue weighted by Crippen LogP contribution is -2.45. The number of carbonyl (C=O) groups is 1. The first kappa shape index (κ1) is 33.0. The Balaban J connectivity index is 0. The van der Waals surface area contributed by atoms with Gasteiger partial charge in [0, 0.05) is 11.2 Å². The zero-order valence-corrected chi connectivity index (χ0v) is 22.9. The van der Waals surface area contributed by atoms with E-state index < -0.39 is 31.4 Å². The zero-order valence-electron chi connectivity index (χ0n) is 21.3. The molecule has 0 bridgehead atoms. The van der Waals surface area contributed by atoms with Crippen LogP contribution in [0.5, 0.6) is 0 Å². The van der Waals surface area contributed by atoms with Crippen LogP contribution in [0.1, 0.15) is 68.2 Å². The Labute approximate surface area is 195 Å². The summed E-state index contributed by atoms with van der Waals surface area (Å²) in [6.07, 6.45) is 1.63. The van der Waals surface area contributed by atoms with Crippen molar-refractivity contribution in [3.05, 3.63) is 12.3 Å². The Bertz CT molecular complexity index is 734. The first-order valence-corrected chi connectivity index (χ1v) is 13.7. The SMILES string of the molecule is C=C(NC(C)(C)CS(=O)(=O)OC)C(C)CC.CCC(C)C(=O)OC(C)(C)CS(=O)(=O)OC. The summed E-state index contributed by atoms with van der Waals surface area (Å²) < 4.78 is 59.0. The summed E-state index contributed by atoms with van der Waals surface area (Å²) in [5, 5.41) is 3.14. The van der Waals surface area contributed by atoms with Gasteiger partial charge in [0.05, 0.1) is 25.9 Å². The van der Waals surface area contributed by atoms with Gasteiger partial charge in [0.25, 0.3) is 20.2 Å². The maximum atomic E-state index is 11.5. The Kier molecular flexibility index (Phi) is 13.9. The van der Waals surface area contributed by atoms with Gasteiger partial charge in [-0.05, 0) is 46.5 Å². The van der Waals surface area contributed by atoms with Crippen molar-refractivity contribution in [3.8, 4) is 0 Å². The van der Waals surface area contributed by atoms with E-state index in [9.17, 15) is 21.6 Å². The van der Waals surface area contributed by atoms with Crippen LogP contribution in [0.2, 0.25) is 0 Å². The standard InChI is InChI=1S/C11H23NO3S.C10H20O5S/c1-7-9(2)10(3)12-11(4,5)8-16(13,14)15-6;1-6-8(2)9(11)15-10(3,4)7-16(12,13)14-5/h9,12H,3,7-8H2,1-2,4-6H3;8H,6-7H2,1-5H3. The van der Waals surface area contributed by atoms with Crippen LogP contribution in [0.15, 0.2) is 12.3 Å². The molecule has 0 saturated carbocycles. The molecular formula is C21H43NO8S2. The highest BCUT2D eigenvalue weighted by Crippen LogP contribution is 2.17. The van der Waals surface area contributed by atoms with Crippen LogP contribution < -0.4 is 5.32 Å². The number of ether oxygens (including phenoxy) is 1. The molecule has 192 valence electrons. The summed E-state index contributed by atoms with van der Waals surface area (Å²) in [7, 11) is -4.83. The average Bonchev–Trinajstić information content (AvgIpc) is 2.64. The highest BCUT2D eigenvalue weighted by atomic mass is 32.2. The molecule has 9 nitrogen and oxygen atoms in total. The fraction of sp³-hybridized carbons (Fsp3) is 0.857. The molecule has 0 heterocycles. The van der Waals surface area contributed by atoms with Crippen LogP contribution in [0, 0.1) is 11.8 Å². The second-order valence-corrected chi connectivity index (χ2v) is 12.5. The fourth-order valence-electron chi connectivity index (χ4n) is 2.39. The number of esters is 1. The third-order valence-electron chi connectivity index (χ3n) is 4.67. The molecule has 0 radical (unpaired) electrons. The van der Waals surface area contributed by atoms with Gasteiger partial charge in [-0.15, -0.1) is 0 Å². The molecule has 0 amide bonds. The predicted octanol–water partition coefficient (Wildman–Crippen LogP) is 3.22. The lowest BCUT2D eigenvalue weighted by molar-refractivity contribution is -0.159. The second-order valence-electron chi connectivity index (χ2n) is 9.07. The van der Waals surface area contributed by atoms with Crippen LogP contribution in [0.3, 0.4) is 0 Å². The monoisotopic (exact) mass is 501 g/mol. The lowest BCUT2D eigenvalue weighted by atomic mass is 10.0. The van der Waals surface area contributed by atoms with E-state index in [-0.39, 0.29) is 23.4 Å². The molecule has 0 saturated heterocycles. The number of carbonyl (C=O) groups excluding carboxylic acids is 1. The molecule has 0 fully saturated rings. The molecule has 0 aromatic rings. The van der Waals surface area contributed by atoms with E-state index in [2.05, 4.69) is 34.1 Å². The topological polar surface area (TPSA) is 125 Å². The third kappa shape index (κ3) is 14.8. The summed E-state index contributed by atoms with van der Waals surface area (Å²) in [6, 6.07) is 0. The number of allylic oxidation sites excluding steroid dienone is 1. The van der Waals surface area contributed by atoms with Crippen LogP contribution in [-0.2, 0) is 38.1 Å². The molecule has 32 heavy (non-hydrogen) atoms. The minimum Gasteiger partial charge on any atom is -0.458 e. The Morgan fingerprint density at radius 2 is 1.28 bits per heavy atom. The molecule has 2 unspecified atom stereocenters. The van der Waals surface area contributed by atoms with Crippen molar-refractivity contribution >= 4 is 26.2 Å². The average molecular weight is 502 g/mol. The number of nitrogens with one attached hydrogen (secondary N) is 1. The normalized spacial score (nSPS) is 14.6. The maximum Gasteiger partial charge on any atom is 0.309 e. The van der Waals surface area contributed by atoms with Gasteiger partial charge in [-0.3, -0.25) is 13.2 Å². The molecule has 0 aliphatic heterocycles. The fourth-order valence-corrected chi connectivity index (χ4v) is 4.50. The maximum absolute atomic E-state index is 11.5. The van der Waals surface area contributed by atoms with E-state index in [1.807, 2.05) is 20.8 Å². The molecule has 0 rings (SSSR count). The van der Waals surface area contributed by atoms with Crippen molar-refractivity contribution in [1.29, 1.82) is 0 Å². The molecule has 11 heteroatoms. The molecule has 1 N–H and O–H groups in total. The van der Waals surface area contributed by atoms with E-state index >= 15 is 0 Å². The molecular weight excluding hydrogens is 458 g/mol. The largest absolute Gasteiger partial charge is 0.458 e. The minimum absolute atomic E-state index is 0.0774. The summed E-state index contributed by atoms with van der Waals surface area (Å²) in [5.74, 6) is -0.724. The van der Waals surface area contributed by atoms with Gasteiger partial charge in [0.15, 0.2) is 0 Å². The molecule has 0 spiro atoms. The molecule has 0 aromatic carbocycles. The zero-order chi connectivity index (χ0) is 26.0. The van der Waals surface area contributed by atoms with Crippen molar-refractivity contribution in [2.75, 3.05) is 25.7 Å². The van der Waals surface area contributed by atoms with Crippen LogP contribution in [0.25, 0.3) is 0 Å². The van der Waals surface area contributed by atoms with Gasteiger partial charge in [0.1, 0.15) is 11.4 Å². The first-order chi connectivity index (χ1) is 14.3. The minimum atomic E-state index is -3.63. The smallest absolute Gasteiger partial charge is 0.309 e. The van der Waals surface area contributed by atoms with E-state index in [4.69, 9.17) is 4.74 Å². The Morgan fingerprint density at radius 1 is 0.875 bits per heavy atom. The highest BCUT2D eigenvalue weighted by Gasteiger charge is 2.31. The van der Waals surface area contributed by atoms with Gasteiger partial charge < -0.3 is 10.1 Å². The quantitative estimate of drug-likeness (QED) is 0.299. The van der Waals surface area contributed by atoms with Crippen molar-refractivity contribution < 1.29 is 34.7 Å². The first-order valence-electron chi connectivity index (χ1n) is 10.5. The van der Waals surface area contributed by atoms with Crippen LogP contribution in [0.4, 0.5) is 0 Å². The van der Waals surface area contributed by atoms with Gasteiger partial charge in [-0.1, -0.05) is 34.3 Å². The summed E-state index contributed by atoms with van der Waals surface area (Å²) in [4.78, 5) is 11.5. The number of rotatable bonds is 13. The number of hydrogen-bond donors (Lipinski definition) is 1. The van der Waals surface area contributed by atoms with Crippen molar-refractivity contribution in [1.82, 2.24) is 5.32 Å². The van der Waals surface area contributed by atoms with Crippen molar-refractivity contribution in [3.63, 3.8) is 0 Å². The van der Waals surface area contributed by atoms with E-state index in [1.165, 1.54) is 7.11 Å². The summed E-state index contributed by atoms with van der Waals surface area (Å²) in [6.45, 7) is 18.4. The Hall–Kier alpha value is -1.17. The predicted molar refractivity (Wildman–Crippen MR) is 127 cm³/mol. The Morgan fingerprint density at radius 3 is 1.66 bits per heavy atom. The molecule has 0 aliphatic carbocycles. The van der Waals surface area contributed by atoms with Gasteiger partial charge in [0.2, 0.25) is 0 Å². The van der Waals surface area contributed by atoms with E-state index in [1.54, 1.807) is 20.8 Å². The molecule has 2 atom stereocenters. The van der Waals surface area contributed by atoms with Crippen LogP contribution >= 0.6 is 0 Å². The summed E-state index contributed by atoms with van der Waals surface area (Å²) in [5.41, 5.74) is -0.788. The van der Waals surface area contributed by atoms with Crippen molar-refractivity contribution in [2.45, 2.75) is 79.4 Å². The third-order valence-corrected chi connectivity index (χ3v) is 7.81. The molecule has 0 aromatic heterocycles. The lowest BCUT2D eigenvalue weighted by Gasteiger charge is -2.29. The van der Waals surface area contributed by atoms with Gasteiger partial charge in [-0.2, -0.15) is 16.8 Å². The summed E-state index contributed by atoms with van der Waals surface area (Å²) >= 11 is 0. The van der Waals surface area contributed by atoms with Gasteiger partial charge in [-0.25, -0.2) is 0 Å². The number of hydrogen-bond acceptors (Lipinski definition) is 9. The van der Waals surface area contributed by atoms with Crippen molar-refractivity contribution in [2.24, 2.45) is 11.8 Å². The second kappa shape index (κ2) is 13.5. The van der Waals surface area contributed by atoms with Crippen LogP contribution in [-0.4, -0.2) is 59.7 Å². The molecule has 0 aliphatic rings. The highest BCUT2D eigenvalue weighted by molar-refractivity contribution is 7.87. The van der Waals surface area contributed by atoms with Gasteiger partial charge >= 0.3 is 5.97 Å².